The van der Waals surface area contributed by atoms with Crippen molar-refractivity contribution in [2.24, 2.45) is 0 Å². The molecule has 0 amide bonds. The lowest BCUT2D eigenvalue weighted by atomic mass is 10.0. The minimum absolute atomic E-state index is 0.193. The molecule has 0 bridgehead atoms. The summed E-state index contributed by atoms with van der Waals surface area (Å²) in [6, 6.07) is 10.9. The second-order valence-electron chi connectivity index (χ2n) is 7.49. The van der Waals surface area contributed by atoms with Crippen LogP contribution in [0, 0.1) is 5.82 Å². The molecule has 3 heterocycles. The van der Waals surface area contributed by atoms with Crippen LogP contribution in [0.1, 0.15) is 11.1 Å². The van der Waals surface area contributed by atoms with Gasteiger partial charge in [-0.25, -0.2) is 4.39 Å². The standard InChI is InChI=1S/C21H26FN3O2/c22-20-3-1-18(2-4-20)13-25-10-12-27-21(16-25)15-24(9-11-26-17-21)14-19-5-7-23-8-6-19/h1-8H,9-17H2/t21-/m0/s1. The first-order chi connectivity index (χ1) is 13.2. The molecule has 1 spiro atoms. The third kappa shape index (κ3) is 4.90. The SMILES string of the molecule is Fc1ccc(CN2CCO[C@]3(COCCN(Cc4ccncc4)C3)C2)cc1. The third-order valence-corrected chi connectivity index (χ3v) is 5.23. The Morgan fingerprint density at radius 3 is 2.22 bits per heavy atom. The molecule has 1 atom stereocenters. The van der Waals surface area contributed by atoms with Gasteiger partial charge in [-0.3, -0.25) is 14.8 Å². The summed E-state index contributed by atoms with van der Waals surface area (Å²) < 4.78 is 25.3. The number of benzene rings is 1. The molecule has 2 aliphatic heterocycles. The van der Waals surface area contributed by atoms with E-state index in [-0.39, 0.29) is 11.4 Å². The molecule has 0 radical (unpaired) electrons. The molecular formula is C21H26FN3O2. The van der Waals surface area contributed by atoms with Crippen molar-refractivity contribution in [3.05, 3.63) is 65.7 Å². The number of morpholine rings is 1. The average molecular weight is 371 g/mol. The Morgan fingerprint density at radius 2 is 1.52 bits per heavy atom. The lowest BCUT2D eigenvalue weighted by Gasteiger charge is -2.43. The molecule has 1 aromatic carbocycles. The Bertz CT molecular complexity index is 728. The Balaban J connectivity index is 1.42. The second kappa shape index (κ2) is 8.44. The van der Waals surface area contributed by atoms with E-state index in [0.717, 1.165) is 44.8 Å². The van der Waals surface area contributed by atoms with Crippen LogP contribution < -0.4 is 0 Å². The normalized spacial score (nSPS) is 24.8. The molecule has 2 saturated heterocycles. The number of rotatable bonds is 4. The number of pyridine rings is 1. The van der Waals surface area contributed by atoms with Crippen LogP contribution in [0.2, 0.25) is 0 Å². The van der Waals surface area contributed by atoms with Crippen LogP contribution >= 0.6 is 0 Å². The topological polar surface area (TPSA) is 37.8 Å². The highest BCUT2D eigenvalue weighted by atomic mass is 19.1. The highest BCUT2D eigenvalue weighted by Gasteiger charge is 2.40. The first-order valence-electron chi connectivity index (χ1n) is 9.51. The van der Waals surface area contributed by atoms with E-state index >= 15 is 0 Å². The zero-order chi connectivity index (χ0) is 18.5. The van der Waals surface area contributed by atoms with Gasteiger partial charge < -0.3 is 9.47 Å². The van der Waals surface area contributed by atoms with Crippen LogP contribution in [0.3, 0.4) is 0 Å². The maximum atomic E-state index is 13.2. The summed E-state index contributed by atoms with van der Waals surface area (Å²) in [7, 11) is 0. The van der Waals surface area contributed by atoms with E-state index < -0.39 is 0 Å². The van der Waals surface area contributed by atoms with Gasteiger partial charge in [-0.1, -0.05) is 12.1 Å². The van der Waals surface area contributed by atoms with Crippen molar-refractivity contribution >= 4 is 0 Å². The van der Waals surface area contributed by atoms with E-state index in [9.17, 15) is 4.39 Å². The Morgan fingerprint density at radius 1 is 0.889 bits per heavy atom. The number of nitrogens with zero attached hydrogens (tertiary/aromatic N) is 3. The molecule has 144 valence electrons. The monoisotopic (exact) mass is 371 g/mol. The van der Waals surface area contributed by atoms with E-state index in [4.69, 9.17) is 9.47 Å². The summed E-state index contributed by atoms with van der Waals surface area (Å²) in [5, 5.41) is 0. The summed E-state index contributed by atoms with van der Waals surface area (Å²) in [6.07, 6.45) is 3.67. The van der Waals surface area contributed by atoms with Gasteiger partial charge in [0, 0.05) is 51.7 Å². The van der Waals surface area contributed by atoms with E-state index in [1.165, 1.54) is 17.7 Å². The Kier molecular flexibility index (Phi) is 5.78. The lowest BCUT2D eigenvalue weighted by Crippen LogP contribution is -2.58. The first kappa shape index (κ1) is 18.5. The fourth-order valence-electron chi connectivity index (χ4n) is 3.95. The molecule has 27 heavy (non-hydrogen) atoms. The number of halogens is 1. The van der Waals surface area contributed by atoms with Crippen LogP contribution in [0.4, 0.5) is 4.39 Å². The average Bonchev–Trinajstić information content (AvgIpc) is 2.86. The summed E-state index contributed by atoms with van der Waals surface area (Å²) in [5.41, 5.74) is 2.06. The molecule has 0 aliphatic carbocycles. The van der Waals surface area contributed by atoms with E-state index in [2.05, 4.69) is 26.9 Å². The molecule has 0 saturated carbocycles. The van der Waals surface area contributed by atoms with Gasteiger partial charge in [0.1, 0.15) is 11.4 Å². The largest absolute Gasteiger partial charge is 0.377 e. The number of hydrogen-bond donors (Lipinski definition) is 0. The van der Waals surface area contributed by atoms with Crippen molar-refractivity contribution in [1.82, 2.24) is 14.8 Å². The zero-order valence-electron chi connectivity index (χ0n) is 15.5. The van der Waals surface area contributed by atoms with Crippen molar-refractivity contribution in [2.45, 2.75) is 18.7 Å². The second-order valence-corrected chi connectivity index (χ2v) is 7.49. The van der Waals surface area contributed by atoms with Gasteiger partial charge >= 0.3 is 0 Å². The van der Waals surface area contributed by atoms with E-state index in [1.54, 1.807) is 0 Å². The van der Waals surface area contributed by atoms with Gasteiger partial charge in [-0.15, -0.1) is 0 Å². The minimum atomic E-state index is -0.318. The highest BCUT2D eigenvalue weighted by Crippen LogP contribution is 2.24. The predicted molar refractivity (Wildman–Crippen MR) is 101 cm³/mol. The summed E-state index contributed by atoms with van der Waals surface area (Å²) in [4.78, 5) is 8.89. The van der Waals surface area contributed by atoms with Crippen molar-refractivity contribution in [3.8, 4) is 0 Å². The van der Waals surface area contributed by atoms with Crippen molar-refractivity contribution < 1.29 is 13.9 Å². The summed E-state index contributed by atoms with van der Waals surface area (Å²) >= 11 is 0. The Labute approximate surface area is 159 Å². The maximum Gasteiger partial charge on any atom is 0.123 e. The van der Waals surface area contributed by atoms with Gasteiger partial charge in [0.05, 0.1) is 19.8 Å². The predicted octanol–water partition coefficient (Wildman–Crippen LogP) is 2.32. The zero-order valence-corrected chi connectivity index (χ0v) is 15.5. The highest BCUT2D eigenvalue weighted by molar-refractivity contribution is 5.16. The first-order valence-corrected chi connectivity index (χ1v) is 9.51. The summed E-state index contributed by atoms with van der Waals surface area (Å²) in [5.74, 6) is -0.193. The van der Waals surface area contributed by atoms with Crippen molar-refractivity contribution in [3.63, 3.8) is 0 Å². The van der Waals surface area contributed by atoms with Crippen LogP contribution in [-0.2, 0) is 22.6 Å². The Hall–Kier alpha value is -1.86. The fraction of sp³-hybridized carbons (Fsp3) is 0.476. The fourth-order valence-corrected chi connectivity index (χ4v) is 3.95. The molecule has 2 aliphatic rings. The molecule has 2 aromatic rings. The van der Waals surface area contributed by atoms with E-state index in [0.29, 0.717) is 19.8 Å². The van der Waals surface area contributed by atoms with Gasteiger partial charge in [0.2, 0.25) is 0 Å². The molecule has 4 rings (SSSR count). The van der Waals surface area contributed by atoms with E-state index in [1.807, 2.05) is 24.5 Å². The molecule has 1 aromatic heterocycles. The molecule has 0 unspecified atom stereocenters. The minimum Gasteiger partial charge on any atom is -0.377 e. The van der Waals surface area contributed by atoms with Crippen molar-refractivity contribution in [2.75, 3.05) is 46.0 Å². The van der Waals surface area contributed by atoms with Crippen LogP contribution in [-0.4, -0.2) is 66.4 Å². The third-order valence-electron chi connectivity index (χ3n) is 5.23. The maximum absolute atomic E-state index is 13.2. The van der Waals surface area contributed by atoms with Crippen LogP contribution in [0.15, 0.2) is 48.8 Å². The van der Waals surface area contributed by atoms with Gasteiger partial charge in [-0.05, 0) is 35.4 Å². The molecule has 2 fully saturated rings. The molecule has 0 N–H and O–H groups in total. The number of hydrogen-bond acceptors (Lipinski definition) is 5. The van der Waals surface area contributed by atoms with Gasteiger partial charge in [0.25, 0.3) is 0 Å². The number of ether oxygens (including phenoxy) is 2. The molecule has 6 heteroatoms. The smallest absolute Gasteiger partial charge is 0.123 e. The van der Waals surface area contributed by atoms with Gasteiger partial charge in [0.15, 0.2) is 0 Å². The quantitative estimate of drug-likeness (QED) is 0.825. The molecule has 5 nitrogen and oxygen atoms in total. The van der Waals surface area contributed by atoms with Crippen LogP contribution in [0.5, 0.6) is 0 Å². The van der Waals surface area contributed by atoms with Crippen molar-refractivity contribution in [1.29, 1.82) is 0 Å². The van der Waals surface area contributed by atoms with Gasteiger partial charge in [-0.2, -0.15) is 0 Å². The summed E-state index contributed by atoms with van der Waals surface area (Å²) in [6.45, 7) is 7.12. The molecular weight excluding hydrogens is 345 g/mol. The lowest BCUT2D eigenvalue weighted by molar-refractivity contribution is -0.143. The number of aromatic nitrogens is 1. The van der Waals surface area contributed by atoms with Crippen LogP contribution in [0.25, 0.3) is 0 Å².